The normalized spacial score (nSPS) is 14.9. The molecule has 2 heterocycles. The van der Waals surface area contributed by atoms with Crippen LogP contribution in [0.2, 0.25) is 0 Å². The van der Waals surface area contributed by atoms with Gasteiger partial charge in [0.25, 0.3) is 5.91 Å². The third-order valence-corrected chi connectivity index (χ3v) is 5.39. The molecule has 0 atom stereocenters. The van der Waals surface area contributed by atoms with Gasteiger partial charge in [0, 0.05) is 50.4 Å². The minimum atomic E-state index is 0.0670. The molecule has 1 aliphatic heterocycles. The lowest BCUT2D eigenvalue weighted by Crippen LogP contribution is -2.48. The van der Waals surface area contributed by atoms with Gasteiger partial charge >= 0.3 is 0 Å². The molecule has 0 saturated carbocycles. The molecule has 1 saturated heterocycles. The maximum absolute atomic E-state index is 13.0. The van der Waals surface area contributed by atoms with Crippen LogP contribution in [0.5, 0.6) is 0 Å². The van der Waals surface area contributed by atoms with Crippen LogP contribution in [-0.2, 0) is 13.1 Å². The van der Waals surface area contributed by atoms with Crippen LogP contribution in [0.3, 0.4) is 0 Å². The van der Waals surface area contributed by atoms with Crippen molar-refractivity contribution in [3.05, 3.63) is 65.2 Å². The Balaban J connectivity index is 1.39. The van der Waals surface area contributed by atoms with Crippen molar-refractivity contribution >= 4 is 5.91 Å². The van der Waals surface area contributed by atoms with E-state index in [1.54, 1.807) is 4.68 Å². The highest BCUT2D eigenvalue weighted by Gasteiger charge is 2.22. The zero-order valence-corrected chi connectivity index (χ0v) is 17.0. The summed E-state index contributed by atoms with van der Waals surface area (Å²) in [4.78, 5) is 17.4. The van der Waals surface area contributed by atoms with Crippen molar-refractivity contribution in [2.24, 2.45) is 0 Å². The molecule has 0 spiro atoms. The fraction of sp³-hybridized carbons (Fsp3) is 0.364. The van der Waals surface area contributed by atoms with Crippen LogP contribution >= 0.6 is 0 Å². The quantitative estimate of drug-likeness (QED) is 0.670. The number of carbonyl (C=O) groups is 1. The number of rotatable bonds is 5. The molecule has 7 heteroatoms. The third-order valence-electron chi connectivity index (χ3n) is 5.39. The second-order valence-corrected chi connectivity index (χ2v) is 7.45. The van der Waals surface area contributed by atoms with Gasteiger partial charge in [-0.25, -0.2) is 4.68 Å². The summed E-state index contributed by atoms with van der Waals surface area (Å²) in [6, 6.07) is 16.3. The first-order valence-electron chi connectivity index (χ1n) is 10.1. The van der Waals surface area contributed by atoms with Gasteiger partial charge in [-0.3, -0.25) is 9.69 Å². The molecule has 29 heavy (non-hydrogen) atoms. The van der Waals surface area contributed by atoms with Gasteiger partial charge in [-0.2, -0.15) is 0 Å². The number of nitrogens with zero attached hydrogens (tertiary/aromatic N) is 6. The Morgan fingerprint density at radius 2 is 1.79 bits per heavy atom. The minimum Gasteiger partial charge on any atom is -0.336 e. The smallest absolute Gasteiger partial charge is 0.253 e. The second-order valence-electron chi connectivity index (χ2n) is 7.45. The summed E-state index contributed by atoms with van der Waals surface area (Å²) in [5.41, 5.74) is 4.14. The SMILES string of the molecule is CCn1nnnc1-c1cccc(C(=O)N2CCN(Cc3ccc(C)cc3)CC2)c1. The van der Waals surface area contributed by atoms with Crippen molar-refractivity contribution in [1.29, 1.82) is 0 Å². The zero-order valence-electron chi connectivity index (χ0n) is 17.0. The highest BCUT2D eigenvalue weighted by Crippen LogP contribution is 2.19. The molecule has 0 aliphatic carbocycles. The molecule has 1 aliphatic rings. The van der Waals surface area contributed by atoms with Gasteiger partial charge in [-0.1, -0.05) is 42.0 Å². The lowest BCUT2D eigenvalue weighted by molar-refractivity contribution is 0.0628. The van der Waals surface area contributed by atoms with Crippen LogP contribution < -0.4 is 0 Å². The Morgan fingerprint density at radius 1 is 1.03 bits per heavy atom. The number of amides is 1. The lowest BCUT2D eigenvalue weighted by atomic mass is 10.1. The van der Waals surface area contributed by atoms with Crippen LogP contribution in [-0.4, -0.2) is 62.1 Å². The molecular weight excluding hydrogens is 364 g/mol. The van der Waals surface area contributed by atoms with E-state index in [2.05, 4.69) is 51.6 Å². The van der Waals surface area contributed by atoms with E-state index in [4.69, 9.17) is 0 Å². The van der Waals surface area contributed by atoms with Crippen molar-refractivity contribution in [3.8, 4) is 11.4 Å². The van der Waals surface area contributed by atoms with Crippen LogP contribution in [0.25, 0.3) is 11.4 Å². The average Bonchev–Trinajstić information content (AvgIpc) is 3.24. The van der Waals surface area contributed by atoms with E-state index in [1.165, 1.54) is 11.1 Å². The summed E-state index contributed by atoms with van der Waals surface area (Å²) in [5.74, 6) is 0.752. The van der Waals surface area contributed by atoms with E-state index in [-0.39, 0.29) is 5.91 Å². The Kier molecular flexibility index (Phi) is 5.67. The van der Waals surface area contributed by atoms with Gasteiger partial charge in [0.2, 0.25) is 0 Å². The van der Waals surface area contributed by atoms with Crippen LogP contribution in [0.15, 0.2) is 48.5 Å². The van der Waals surface area contributed by atoms with Crippen molar-refractivity contribution in [3.63, 3.8) is 0 Å². The number of carbonyl (C=O) groups excluding carboxylic acids is 1. The standard InChI is InChI=1S/C22H26N6O/c1-3-28-21(23-24-25-28)19-5-4-6-20(15-19)22(29)27-13-11-26(12-14-27)16-18-9-7-17(2)8-10-18/h4-10,15H,3,11-14,16H2,1-2H3. The van der Waals surface area contributed by atoms with Crippen molar-refractivity contribution in [2.45, 2.75) is 26.9 Å². The molecule has 2 aromatic carbocycles. The Hall–Kier alpha value is -3.06. The number of aryl methyl sites for hydroxylation is 2. The maximum Gasteiger partial charge on any atom is 0.253 e. The second kappa shape index (κ2) is 8.53. The first kappa shape index (κ1) is 19.3. The predicted molar refractivity (Wildman–Crippen MR) is 111 cm³/mol. The van der Waals surface area contributed by atoms with Gasteiger partial charge in [0.15, 0.2) is 5.82 Å². The largest absolute Gasteiger partial charge is 0.336 e. The van der Waals surface area contributed by atoms with Crippen LogP contribution in [0, 0.1) is 6.92 Å². The van der Waals surface area contributed by atoms with Crippen molar-refractivity contribution in [2.75, 3.05) is 26.2 Å². The van der Waals surface area contributed by atoms with E-state index in [1.807, 2.05) is 36.1 Å². The fourth-order valence-electron chi connectivity index (χ4n) is 3.66. The first-order chi connectivity index (χ1) is 14.1. The predicted octanol–water partition coefficient (Wildman–Crippen LogP) is 2.63. The van der Waals surface area contributed by atoms with Crippen molar-refractivity contribution in [1.82, 2.24) is 30.0 Å². The summed E-state index contributed by atoms with van der Waals surface area (Å²) in [6.45, 7) is 8.95. The van der Waals surface area contributed by atoms with Crippen LogP contribution in [0.1, 0.15) is 28.4 Å². The average molecular weight is 390 g/mol. The zero-order chi connectivity index (χ0) is 20.2. The van der Waals surface area contributed by atoms with Gasteiger partial charge < -0.3 is 4.90 Å². The molecular formula is C22H26N6O. The van der Waals surface area contributed by atoms with Crippen molar-refractivity contribution < 1.29 is 4.79 Å². The minimum absolute atomic E-state index is 0.0670. The third kappa shape index (κ3) is 4.35. The maximum atomic E-state index is 13.0. The molecule has 1 amide bonds. The van der Waals surface area contributed by atoms with Gasteiger partial charge in [-0.15, -0.1) is 5.10 Å². The van der Waals surface area contributed by atoms with E-state index < -0.39 is 0 Å². The Morgan fingerprint density at radius 3 is 2.52 bits per heavy atom. The Bertz CT molecular complexity index is 973. The van der Waals surface area contributed by atoms with Crippen LogP contribution in [0.4, 0.5) is 0 Å². The molecule has 0 unspecified atom stereocenters. The summed E-state index contributed by atoms with van der Waals surface area (Å²) in [7, 11) is 0. The molecule has 0 N–H and O–H groups in total. The fourth-order valence-corrected chi connectivity index (χ4v) is 3.66. The molecule has 7 nitrogen and oxygen atoms in total. The number of aromatic nitrogens is 4. The molecule has 3 aromatic rings. The van der Waals surface area contributed by atoms with Gasteiger partial charge in [-0.05, 0) is 42.0 Å². The molecule has 4 rings (SSSR count). The Labute approximate surface area is 170 Å². The molecule has 1 fully saturated rings. The number of hydrogen-bond donors (Lipinski definition) is 0. The number of hydrogen-bond acceptors (Lipinski definition) is 5. The molecule has 0 bridgehead atoms. The highest BCUT2D eigenvalue weighted by molar-refractivity contribution is 5.95. The lowest BCUT2D eigenvalue weighted by Gasteiger charge is -2.34. The summed E-state index contributed by atoms with van der Waals surface area (Å²) >= 11 is 0. The van der Waals surface area contributed by atoms with E-state index in [9.17, 15) is 4.79 Å². The summed E-state index contributed by atoms with van der Waals surface area (Å²) in [6.07, 6.45) is 0. The summed E-state index contributed by atoms with van der Waals surface area (Å²) in [5, 5.41) is 11.8. The first-order valence-corrected chi connectivity index (χ1v) is 10.1. The molecule has 150 valence electrons. The summed E-state index contributed by atoms with van der Waals surface area (Å²) < 4.78 is 1.73. The van der Waals surface area contributed by atoms with E-state index >= 15 is 0 Å². The number of piperazine rings is 1. The van der Waals surface area contributed by atoms with Gasteiger partial charge in [0.05, 0.1) is 0 Å². The molecule has 0 radical (unpaired) electrons. The number of tetrazole rings is 1. The highest BCUT2D eigenvalue weighted by atomic mass is 16.2. The number of benzene rings is 2. The van der Waals surface area contributed by atoms with E-state index in [0.717, 1.165) is 38.3 Å². The van der Waals surface area contributed by atoms with E-state index in [0.29, 0.717) is 17.9 Å². The van der Waals surface area contributed by atoms with Gasteiger partial charge in [0.1, 0.15) is 0 Å². The topological polar surface area (TPSA) is 67.2 Å². The molecule has 1 aromatic heterocycles. The monoisotopic (exact) mass is 390 g/mol.